The summed E-state index contributed by atoms with van der Waals surface area (Å²) in [5.74, 6) is -0.532. The summed E-state index contributed by atoms with van der Waals surface area (Å²) < 4.78 is 34.3. The van der Waals surface area contributed by atoms with Gasteiger partial charge in [0, 0.05) is 13.1 Å². The van der Waals surface area contributed by atoms with E-state index in [0.717, 1.165) is 21.0 Å². The maximum Gasteiger partial charge on any atom is 0.264 e. The zero-order chi connectivity index (χ0) is 27.9. The van der Waals surface area contributed by atoms with Crippen molar-refractivity contribution >= 4 is 27.5 Å². The summed E-state index contributed by atoms with van der Waals surface area (Å²) in [7, 11) is -2.71. The molecule has 0 saturated carbocycles. The number of nitrogens with zero attached hydrogens (tertiary/aromatic N) is 2. The van der Waals surface area contributed by atoms with Crippen LogP contribution in [0.25, 0.3) is 0 Å². The topological polar surface area (TPSA) is 96.0 Å². The van der Waals surface area contributed by atoms with Crippen LogP contribution in [-0.4, -0.2) is 51.4 Å². The molecule has 0 aliphatic heterocycles. The Bertz CT molecular complexity index is 1360. The first kappa shape index (κ1) is 28.7. The third-order valence-corrected chi connectivity index (χ3v) is 7.98. The second kappa shape index (κ2) is 12.6. The summed E-state index contributed by atoms with van der Waals surface area (Å²) in [5, 5.41) is 2.76. The molecule has 0 saturated heterocycles. The molecule has 1 atom stereocenters. The first-order valence-corrected chi connectivity index (χ1v) is 13.9. The van der Waals surface area contributed by atoms with Gasteiger partial charge in [-0.3, -0.25) is 13.9 Å². The van der Waals surface area contributed by atoms with E-state index in [0.29, 0.717) is 12.3 Å². The van der Waals surface area contributed by atoms with Gasteiger partial charge >= 0.3 is 0 Å². The number of ether oxygens (including phenoxy) is 1. The molecule has 202 valence electrons. The number of nitrogens with one attached hydrogen (secondary N) is 1. The minimum absolute atomic E-state index is 0.0400. The van der Waals surface area contributed by atoms with Crippen LogP contribution in [0.5, 0.6) is 5.75 Å². The number of carbonyl (C=O) groups is 2. The Morgan fingerprint density at radius 3 is 2.18 bits per heavy atom. The Labute approximate surface area is 225 Å². The summed E-state index contributed by atoms with van der Waals surface area (Å²) in [6, 6.07) is 19.9. The van der Waals surface area contributed by atoms with Crippen molar-refractivity contribution in [3.63, 3.8) is 0 Å². The molecule has 2 amide bonds. The molecule has 0 unspecified atom stereocenters. The highest BCUT2D eigenvalue weighted by Crippen LogP contribution is 2.33. The molecule has 0 radical (unpaired) electrons. The summed E-state index contributed by atoms with van der Waals surface area (Å²) >= 11 is 0. The second-order valence-electron chi connectivity index (χ2n) is 9.08. The number of carbonyl (C=O) groups excluding carboxylic acids is 2. The van der Waals surface area contributed by atoms with Gasteiger partial charge in [-0.2, -0.15) is 0 Å². The molecule has 0 aliphatic rings. The maximum absolute atomic E-state index is 13.9. The number of rotatable bonds is 11. The van der Waals surface area contributed by atoms with Crippen LogP contribution >= 0.6 is 0 Å². The molecule has 0 aliphatic carbocycles. The standard InChI is InChI=1S/C29H35N3O5S/c1-6-30-29(34)23(4)31(19-24-15-12-21(2)13-16-24)28(33)20-32(26-18-22(3)14-17-27(26)37-5)38(35,36)25-10-8-7-9-11-25/h7-18,23H,6,19-20H2,1-5H3,(H,30,34)/t23-/m0/s1. The first-order chi connectivity index (χ1) is 18.1. The molecular formula is C29H35N3O5S. The van der Waals surface area contributed by atoms with Crippen LogP contribution in [0.15, 0.2) is 77.7 Å². The minimum Gasteiger partial charge on any atom is -0.495 e. The highest BCUT2D eigenvalue weighted by Gasteiger charge is 2.33. The number of hydrogen-bond donors (Lipinski definition) is 1. The number of hydrogen-bond acceptors (Lipinski definition) is 5. The average molecular weight is 538 g/mol. The van der Waals surface area contributed by atoms with Crippen molar-refractivity contribution in [2.24, 2.45) is 0 Å². The molecule has 3 rings (SSSR count). The summed E-state index contributed by atoms with van der Waals surface area (Å²) in [5.41, 5.74) is 2.93. The summed E-state index contributed by atoms with van der Waals surface area (Å²) in [6.07, 6.45) is 0. The summed E-state index contributed by atoms with van der Waals surface area (Å²) in [4.78, 5) is 28.2. The lowest BCUT2D eigenvalue weighted by Crippen LogP contribution is -2.51. The number of benzene rings is 3. The van der Waals surface area contributed by atoms with E-state index in [-0.39, 0.29) is 23.0 Å². The monoisotopic (exact) mass is 537 g/mol. The smallest absolute Gasteiger partial charge is 0.264 e. The largest absolute Gasteiger partial charge is 0.495 e. The normalized spacial score (nSPS) is 11.9. The van der Waals surface area contributed by atoms with E-state index in [9.17, 15) is 18.0 Å². The van der Waals surface area contributed by atoms with Crippen molar-refractivity contribution in [3.8, 4) is 5.75 Å². The Hall–Kier alpha value is -3.85. The fourth-order valence-corrected chi connectivity index (χ4v) is 5.46. The van der Waals surface area contributed by atoms with Gasteiger partial charge in [0.25, 0.3) is 10.0 Å². The molecular weight excluding hydrogens is 502 g/mol. The molecule has 1 N–H and O–H groups in total. The van der Waals surface area contributed by atoms with Gasteiger partial charge in [-0.25, -0.2) is 8.42 Å². The van der Waals surface area contributed by atoms with Crippen LogP contribution < -0.4 is 14.4 Å². The van der Waals surface area contributed by atoms with E-state index >= 15 is 0 Å². The van der Waals surface area contributed by atoms with Gasteiger partial charge in [-0.15, -0.1) is 0 Å². The Balaban J connectivity index is 2.08. The van der Waals surface area contributed by atoms with Crippen molar-refractivity contribution in [3.05, 3.63) is 89.5 Å². The Kier molecular flexibility index (Phi) is 9.52. The molecule has 0 aromatic heterocycles. The maximum atomic E-state index is 13.9. The van der Waals surface area contributed by atoms with Crippen LogP contribution in [0.1, 0.15) is 30.5 Å². The van der Waals surface area contributed by atoms with E-state index in [4.69, 9.17) is 4.74 Å². The third-order valence-electron chi connectivity index (χ3n) is 6.20. The van der Waals surface area contributed by atoms with Gasteiger partial charge in [0.15, 0.2) is 0 Å². The predicted octanol–water partition coefficient (Wildman–Crippen LogP) is 4.06. The van der Waals surface area contributed by atoms with Crippen LogP contribution in [0.4, 0.5) is 5.69 Å². The molecule has 0 fully saturated rings. The quantitative estimate of drug-likeness (QED) is 0.398. The average Bonchev–Trinajstić information content (AvgIpc) is 2.91. The Morgan fingerprint density at radius 2 is 1.58 bits per heavy atom. The zero-order valence-corrected chi connectivity index (χ0v) is 23.3. The van der Waals surface area contributed by atoms with Crippen molar-refractivity contribution in [2.75, 3.05) is 24.5 Å². The van der Waals surface area contributed by atoms with Gasteiger partial charge in [-0.1, -0.05) is 54.1 Å². The van der Waals surface area contributed by atoms with E-state index in [2.05, 4.69) is 5.32 Å². The van der Waals surface area contributed by atoms with E-state index < -0.39 is 28.5 Å². The number of methoxy groups -OCH3 is 1. The van der Waals surface area contributed by atoms with E-state index in [1.807, 2.05) is 38.1 Å². The van der Waals surface area contributed by atoms with Crippen molar-refractivity contribution in [1.29, 1.82) is 0 Å². The van der Waals surface area contributed by atoms with Crippen LogP contribution in [0, 0.1) is 13.8 Å². The van der Waals surface area contributed by atoms with Gasteiger partial charge in [0.1, 0.15) is 18.3 Å². The lowest BCUT2D eigenvalue weighted by Gasteiger charge is -2.32. The molecule has 9 heteroatoms. The van der Waals surface area contributed by atoms with Crippen molar-refractivity contribution in [1.82, 2.24) is 10.2 Å². The summed E-state index contributed by atoms with van der Waals surface area (Å²) in [6.45, 7) is 7.26. The predicted molar refractivity (Wildman–Crippen MR) is 149 cm³/mol. The van der Waals surface area contributed by atoms with Crippen LogP contribution in [-0.2, 0) is 26.2 Å². The van der Waals surface area contributed by atoms with E-state index in [1.165, 1.54) is 24.1 Å². The fraction of sp³-hybridized carbons (Fsp3) is 0.310. The van der Waals surface area contributed by atoms with Crippen molar-refractivity contribution in [2.45, 2.75) is 45.2 Å². The van der Waals surface area contributed by atoms with Crippen LogP contribution in [0.2, 0.25) is 0 Å². The number of anilines is 1. The van der Waals surface area contributed by atoms with Gasteiger partial charge < -0.3 is 15.0 Å². The molecule has 3 aromatic carbocycles. The number of amides is 2. The first-order valence-electron chi connectivity index (χ1n) is 12.4. The van der Waals surface area contributed by atoms with E-state index in [1.54, 1.807) is 50.2 Å². The lowest BCUT2D eigenvalue weighted by molar-refractivity contribution is -0.139. The highest BCUT2D eigenvalue weighted by atomic mass is 32.2. The number of likely N-dealkylation sites (N-methyl/N-ethyl adjacent to an activating group) is 1. The molecule has 38 heavy (non-hydrogen) atoms. The second-order valence-corrected chi connectivity index (χ2v) is 10.9. The third kappa shape index (κ3) is 6.72. The number of sulfonamides is 1. The number of aryl methyl sites for hydroxylation is 2. The molecule has 3 aromatic rings. The Morgan fingerprint density at radius 1 is 0.947 bits per heavy atom. The minimum atomic E-state index is -4.16. The zero-order valence-electron chi connectivity index (χ0n) is 22.5. The lowest BCUT2D eigenvalue weighted by atomic mass is 10.1. The highest BCUT2D eigenvalue weighted by molar-refractivity contribution is 7.92. The van der Waals surface area contributed by atoms with Crippen molar-refractivity contribution < 1.29 is 22.7 Å². The molecule has 0 bridgehead atoms. The SMILES string of the molecule is CCNC(=O)[C@H](C)N(Cc1ccc(C)cc1)C(=O)CN(c1cc(C)ccc1OC)S(=O)(=O)c1ccccc1. The molecule has 0 spiro atoms. The molecule has 8 nitrogen and oxygen atoms in total. The van der Waals surface area contributed by atoms with Gasteiger partial charge in [0.05, 0.1) is 17.7 Å². The van der Waals surface area contributed by atoms with Gasteiger partial charge in [-0.05, 0) is 63.1 Å². The molecule has 0 heterocycles. The van der Waals surface area contributed by atoms with Gasteiger partial charge in [0.2, 0.25) is 11.8 Å². The fourth-order valence-electron chi connectivity index (χ4n) is 4.02. The van der Waals surface area contributed by atoms with Crippen LogP contribution in [0.3, 0.4) is 0 Å².